The third-order valence-electron chi connectivity index (χ3n) is 3.84. The molecule has 1 aromatic carbocycles. The molecular formula is C15H21BrOS. The number of halogens is 1. The molecule has 1 aliphatic rings. The molecule has 0 amide bonds. The van der Waals surface area contributed by atoms with Gasteiger partial charge in [-0.05, 0) is 48.9 Å². The molecule has 3 heteroatoms. The van der Waals surface area contributed by atoms with Gasteiger partial charge in [0.1, 0.15) is 0 Å². The summed E-state index contributed by atoms with van der Waals surface area (Å²) in [7, 11) is 0. The van der Waals surface area contributed by atoms with Gasteiger partial charge in [-0.15, -0.1) is 11.8 Å². The van der Waals surface area contributed by atoms with E-state index in [1.54, 1.807) is 11.8 Å². The van der Waals surface area contributed by atoms with E-state index >= 15 is 0 Å². The van der Waals surface area contributed by atoms with E-state index in [9.17, 15) is 5.11 Å². The van der Waals surface area contributed by atoms with Gasteiger partial charge in [-0.2, -0.15) is 0 Å². The number of hydrogen-bond acceptors (Lipinski definition) is 2. The Balaban J connectivity index is 1.77. The van der Waals surface area contributed by atoms with Crippen molar-refractivity contribution in [2.24, 2.45) is 11.8 Å². The summed E-state index contributed by atoms with van der Waals surface area (Å²) in [5.41, 5.74) is 0. The molecular weight excluding hydrogens is 308 g/mol. The summed E-state index contributed by atoms with van der Waals surface area (Å²) in [4.78, 5) is 1.24. The van der Waals surface area contributed by atoms with Crippen molar-refractivity contribution in [2.75, 3.05) is 5.75 Å². The van der Waals surface area contributed by atoms with Crippen molar-refractivity contribution in [2.45, 2.75) is 43.6 Å². The Bertz CT molecular complexity index is 357. The second-order valence-corrected chi connectivity index (χ2v) is 7.36. The third-order valence-corrected chi connectivity index (χ3v) is 5.48. The van der Waals surface area contributed by atoms with Gasteiger partial charge in [0, 0.05) is 15.1 Å². The highest BCUT2D eigenvalue weighted by molar-refractivity contribution is 9.10. The van der Waals surface area contributed by atoms with Gasteiger partial charge in [0.25, 0.3) is 0 Å². The topological polar surface area (TPSA) is 20.2 Å². The predicted molar refractivity (Wildman–Crippen MR) is 82.0 cm³/mol. The van der Waals surface area contributed by atoms with Crippen LogP contribution < -0.4 is 0 Å². The first-order chi connectivity index (χ1) is 8.65. The van der Waals surface area contributed by atoms with Crippen molar-refractivity contribution in [3.05, 3.63) is 28.7 Å². The van der Waals surface area contributed by atoms with Crippen LogP contribution in [0.5, 0.6) is 0 Å². The molecule has 1 saturated carbocycles. The van der Waals surface area contributed by atoms with Gasteiger partial charge in [0.05, 0.1) is 6.10 Å². The van der Waals surface area contributed by atoms with Gasteiger partial charge in [0.2, 0.25) is 0 Å². The smallest absolute Gasteiger partial charge is 0.0662 e. The van der Waals surface area contributed by atoms with Crippen LogP contribution >= 0.6 is 27.7 Å². The van der Waals surface area contributed by atoms with Gasteiger partial charge in [-0.25, -0.2) is 0 Å². The number of aliphatic hydroxyl groups excluding tert-OH is 1. The zero-order chi connectivity index (χ0) is 13.0. The Morgan fingerprint density at radius 1 is 1.22 bits per heavy atom. The molecule has 0 spiro atoms. The predicted octanol–water partition coefficient (Wildman–Crippen LogP) is 4.73. The maximum Gasteiger partial charge on any atom is 0.0662 e. The summed E-state index contributed by atoms with van der Waals surface area (Å²) in [6, 6.07) is 8.31. The average Bonchev–Trinajstić information content (AvgIpc) is 2.38. The van der Waals surface area contributed by atoms with Crippen molar-refractivity contribution in [1.82, 2.24) is 0 Å². The second kappa shape index (κ2) is 6.97. The molecule has 0 aliphatic heterocycles. The van der Waals surface area contributed by atoms with E-state index < -0.39 is 0 Å². The standard InChI is InChI=1S/C15H21BrOS/c1-11-2-4-12(5-3-11)15(17)10-18-14-8-6-13(16)7-9-14/h6-9,11-12,15,17H,2-5,10H2,1H3. The van der Waals surface area contributed by atoms with Crippen LogP contribution in [0, 0.1) is 11.8 Å². The largest absolute Gasteiger partial charge is 0.392 e. The molecule has 0 radical (unpaired) electrons. The number of aliphatic hydroxyl groups is 1. The molecule has 0 bridgehead atoms. The van der Waals surface area contributed by atoms with Gasteiger partial charge < -0.3 is 5.11 Å². The van der Waals surface area contributed by atoms with E-state index in [1.165, 1.54) is 30.6 Å². The van der Waals surface area contributed by atoms with Crippen LogP contribution in [0.1, 0.15) is 32.6 Å². The molecule has 1 atom stereocenters. The molecule has 0 heterocycles. The molecule has 1 aliphatic carbocycles. The normalized spacial score (nSPS) is 25.9. The maximum absolute atomic E-state index is 10.2. The first kappa shape index (κ1) is 14.4. The average molecular weight is 329 g/mol. The fourth-order valence-electron chi connectivity index (χ4n) is 2.52. The number of thioether (sulfide) groups is 1. The summed E-state index contributed by atoms with van der Waals surface area (Å²) in [5.74, 6) is 2.19. The van der Waals surface area contributed by atoms with Crippen LogP contribution in [-0.2, 0) is 0 Å². The fourth-order valence-corrected chi connectivity index (χ4v) is 3.75. The van der Waals surface area contributed by atoms with Crippen LogP contribution in [0.3, 0.4) is 0 Å². The third kappa shape index (κ3) is 4.29. The molecule has 1 N–H and O–H groups in total. The molecule has 100 valence electrons. The monoisotopic (exact) mass is 328 g/mol. The second-order valence-electron chi connectivity index (χ2n) is 5.35. The van der Waals surface area contributed by atoms with Crippen LogP contribution in [0.15, 0.2) is 33.6 Å². The summed E-state index contributed by atoms with van der Waals surface area (Å²) < 4.78 is 1.11. The molecule has 2 rings (SSSR count). The molecule has 1 nitrogen and oxygen atoms in total. The summed E-state index contributed by atoms with van der Waals surface area (Å²) in [5, 5.41) is 10.2. The quantitative estimate of drug-likeness (QED) is 0.806. The van der Waals surface area contributed by atoms with Gasteiger partial charge in [-0.3, -0.25) is 0 Å². The summed E-state index contributed by atoms with van der Waals surface area (Å²) >= 11 is 5.20. The van der Waals surface area contributed by atoms with Gasteiger partial charge >= 0.3 is 0 Å². The van der Waals surface area contributed by atoms with Crippen LogP contribution in [0.2, 0.25) is 0 Å². The molecule has 18 heavy (non-hydrogen) atoms. The lowest BCUT2D eigenvalue weighted by atomic mass is 9.81. The Morgan fingerprint density at radius 3 is 2.44 bits per heavy atom. The zero-order valence-electron chi connectivity index (χ0n) is 10.8. The molecule has 1 fully saturated rings. The first-order valence-electron chi connectivity index (χ1n) is 6.71. The molecule has 1 unspecified atom stereocenters. The van der Waals surface area contributed by atoms with Crippen molar-refractivity contribution in [3.63, 3.8) is 0 Å². The lowest BCUT2D eigenvalue weighted by Gasteiger charge is -2.29. The zero-order valence-corrected chi connectivity index (χ0v) is 13.2. The van der Waals surface area contributed by atoms with E-state index in [1.807, 2.05) is 0 Å². The van der Waals surface area contributed by atoms with E-state index in [0.29, 0.717) is 5.92 Å². The van der Waals surface area contributed by atoms with E-state index in [0.717, 1.165) is 16.1 Å². The van der Waals surface area contributed by atoms with Crippen LogP contribution in [0.25, 0.3) is 0 Å². The van der Waals surface area contributed by atoms with E-state index in [4.69, 9.17) is 0 Å². The Morgan fingerprint density at radius 2 is 1.83 bits per heavy atom. The van der Waals surface area contributed by atoms with Crippen molar-refractivity contribution >= 4 is 27.7 Å². The molecule has 0 aromatic heterocycles. The Hall–Kier alpha value is 0.01000. The Labute approximate surface area is 122 Å². The minimum absolute atomic E-state index is 0.147. The van der Waals surface area contributed by atoms with E-state index in [2.05, 4.69) is 47.1 Å². The highest BCUT2D eigenvalue weighted by Crippen LogP contribution is 2.32. The lowest BCUT2D eigenvalue weighted by Crippen LogP contribution is -2.26. The van der Waals surface area contributed by atoms with Crippen molar-refractivity contribution in [1.29, 1.82) is 0 Å². The molecule has 0 saturated heterocycles. The van der Waals surface area contributed by atoms with Gasteiger partial charge in [0.15, 0.2) is 0 Å². The maximum atomic E-state index is 10.2. The lowest BCUT2D eigenvalue weighted by molar-refractivity contribution is 0.0946. The SMILES string of the molecule is CC1CCC(C(O)CSc2ccc(Br)cc2)CC1. The fraction of sp³-hybridized carbons (Fsp3) is 0.600. The number of hydrogen-bond donors (Lipinski definition) is 1. The number of benzene rings is 1. The highest BCUT2D eigenvalue weighted by atomic mass is 79.9. The van der Waals surface area contributed by atoms with Crippen molar-refractivity contribution in [3.8, 4) is 0 Å². The first-order valence-corrected chi connectivity index (χ1v) is 8.49. The summed E-state index contributed by atoms with van der Waals surface area (Å²) in [6.45, 7) is 2.32. The van der Waals surface area contributed by atoms with Crippen LogP contribution in [-0.4, -0.2) is 17.0 Å². The number of rotatable bonds is 4. The van der Waals surface area contributed by atoms with Crippen molar-refractivity contribution < 1.29 is 5.11 Å². The Kier molecular flexibility index (Phi) is 5.58. The minimum Gasteiger partial charge on any atom is -0.392 e. The summed E-state index contributed by atoms with van der Waals surface area (Å²) in [6.07, 6.45) is 4.81. The minimum atomic E-state index is -0.147. The molecule has 1 aromatic rings. The van der Waals surface area contributed by atoms with Gasteiger partial charge in [-0.1, -0.05) is 35.7 Å². The van der Waals surface area contributed by atoms with E-state index in [-0.39, 0.29) is 6.10 Å². The highest BCUT2D eigenvalue weighted by Gasteiger charge is 2.24. The van der Waals surface area contributed by atoms with Crippen LogP contribution in [0.4, 0.5) is 0 Å².